The third kappa shape index (κ3) is 2.30. The van der Waals surface area contributed by atoms with E-state index in [2.05, 4.69) is 35.7 Å². The summed E-state index contributed by atoms with van der Waals surface area (Å²) in [6.45, 7) is 8.43. The summed E-state index contributed by atoms with van der Waals surface area (Å²) in [6.07, 6.45) is 1.75. The van der Waals surface area contributed by atoms with E-state index in [-0.39, 0.29) is 5.41 Å². The fraction of sp³-hybridized carbons (Fsp3) is 0.385. The number of anilines is 1. The molecule has 4 heteroatoms. The van der Waals surface area contributed by atoms with Crippen LogP contribution < -0.4 is 5.73 Å². The third-order valence-electron chi connectivity index (χ3n) is 2.65. The molecule has 0 unspecified atom stereocenters. The molecule has 2 aromatic heterocycles. The lowest BCUT2D eigenvalue weighted by atomic mass is 9.96. The Balaban J connectivity index is 2.46. The molecule has 0 aliphatic rings. The van der Waals surface area contributed by atoms with Gasteiger partial charge in [-0.05, 0) is 19.1 Å². The lowest BCUT2D eigenvalue weighted by Crippen LogP contribution is -2.13. The molecule has 0 amide bonds. The number of nitrogens with one attached hydrogen (secondary N) is 1. The van der Waals surface area contributed by atoms with Gasteiger partial charge in [-0.25, -0.2) is 9.97 Å². The highest BCUT2D eigenvalue weighted by molar-refractivity contribution is 5.62. The van der Waals surface area contributed by atoms with Crippen molar-refractivity contribution in [2.45, 2.75) is 33.1 Å². The maximum absolute atomic E-state index is 5.58. The Kier molecular flexibility index (Phi) is 2.65. The predicted octanol–water partition coefficient (Wildman–Crippen LogP) is 2.66. The van der Waals surface area contributed by atoms with E-state index in [9.17, 15) is 0 Å². The molecule has 90 valence electrons. The van der Waals surface area contributed by atoms with E-state index >= 15 is 0 Å². The van der Waals surface area contributed by atoms with Crippen LogP contribution >= 0.6 is 0 Å². The summed E-state index contributed by atoms with van der Waals surface area (Å²) in [5.41, 5.74) is 8.59. The SMILES string of the molecule is Cc1[nH]c(C(C)(C)C)nc1-c1ccc(N)nc1. The normalized spacial score (nSPS) is 11.8. The standard InChI is InChI=1S/C13H18N4/c1-8-11(9-5-6-10(14)15-7-9)17-12(16-8)13(2,3)4/h5-7H,1-4H3,(H2,14,15)(H,16,17). The lowest BCUT2D eigenvalue weighted by Gasteiger charge is -2.13. The summed E-state index contributed by atoms with van der Waals surface area (Å²) in [7, 11) is 0. The number of nitrogen functional groups attached to an aromatic ring is 1. The van der Waals surface area contributed by atoms with Crippen molar-refractivity contribution in [2.24, 2.45) is 0 Å². The summed E-state index contributed by atoms with van der Waals surface area (Å²) < 4.78 is 0. The molecule has 17 heavy (non-hydrogen) atoms. The van der Waals surface area contributed by atoms with Crippen LogP contribution in [0.15, 0.2) is 18.3 Å². The molecule has 0 aliphatic heterocycles. The third-order valence-corrected chi connectivity index (χ3v) is 2.65. The van der Waals surface area contributed by atoms with Crippen LogP contribution in [0.2, 0.25) is 0 Å². The monoisotopic (exact) mass is 230 g/mol. The highest BCUT2D eigenvalue weighted by atomic mass is 15.0. The first-order valence-electron chi connectivity index (χ1n) is 5.67. The van der Waals surface area contributed by atoms with Gasteiger partial charge in [-0.15, -0.1) is 0 Å². The molecular formula is C13H18N4. The van der Waals surface area contributed by atoms with Crippen molar-refractivity contribution in [3.05, 3.63) is 29.8 Å². The molecule has 0 spiro atoms. The minimum absolute atomic E-state index is 0.0181. The summed E-state index contributed by atoms with van der Waals surface area (Å²) >= 11 is 0. The molecule has 0 saturated heterocycles. The van der Waals surface area contributed by atoms with Crippen molar-refractivity contribution < 1.29 is 0 Å². The number of aromatic amines is 1. The van der Waals surface area contributed by atoms with Gasteiger partial charge in [0, 0.05) is 22.9 Å². The number of hydrogen-bond donors (Lipinski definition) is 2. The second-order valence-corrected chi connectivity index (χ2v) is 5.28. The van der Waals surface area contributed by atoms with E-state index < -0.39 is 0 Å². The van der Waals surface area contributed by atoms with Crippen molar-refractivity contribution in [1.82, 2.24) is 15.0 Å². The van der Waals surface area contributed by atoms with E-state index in [1.54, 1.807) is 12.3 Å². The van der Waals surface area contributed by atoms with E-state index in [4.69, 9.17) is 5.73 Å². The zero-order chi connectivity index (χ0) is 12.6. The van der Waals surface area contributed by atoms with E-state index in [1.807, 2.05) is 13.0 Å². The summed E-state index contributed by atoms with van der Waals surface area (Å²) in [4.78, 5) is 12.1. The van der Waals surface area contributed by atoms with Crippen molar-refractivity contribution in [1.29, 1.82) is 0 Å². The Labute approximate surface area is 101 Å². The summed E-state index contributed by atoms with van der Waals surface area (Å²) in [6, 6.07) is 3.73. The Morgan fingerprint density at radius 2 is 1.94 bits per heavy atom. The maximum atomic E-state index is 5.58. The first-order valence-corrected chi connectivity index (χ1v) is 5.67. The van der Waals surface area contributed by atoms with Crippen LogP contribution in [0.1, 0.15) is 32.3 Å². The number of hydrogen-bond acceptors (Lipinski definition) is 3. The Morgan fingerprint density at radius 3 is 2.41 bits per heavy atom. The van der Waals surface area contributed by atoms with Gasteiger partial charge in [0.2, 0.25) is 0 Å². The van der Waals surface area contributed by atoms with Crippen molar-refractivity contribution in [2.75, 3.05) is 5.73 Å². The van der Waals surface area contributed by atoms with Crippen LogP contribution in [0, 0.1) is 6.92 Å². The Hall–Kier alpha value is -1.84. The minimum atomic E-state index is 0.0181. The summed E-state index contributed by atoms with van der Waals surface area (Å²) in [5.74, 6) is 1.51. The topological polar surface area (TPSA) is 67.6 Å². The van der Waals surface area contributed by atoms with Gasteiger partial charge >= 0.3 is 0 Å². The smallest absolute Gasteiger partial charge is 0.123 e. The van der Waals surface area contributed by atoms with Crippen LogP contribution in [-0.2, 0) is 5.41 Å². The highest BCUT2D eigenvalue weighted by Crippen LogP contribution is 2.26. The number of aryl methyl sites for hydroxylation is 1. The molecule has 2 rings (SSSR count). The van der Waals surface area contributed by atoms with Crippen LogP contribution in [0.5, 0.6) is 0 Å². The van der Waals surface area contributed by atoms with Gasteiger partial charge in [-0.3, -0.25) is 0 Å². The van der Waals surface area contributed by atoms with Crippen LogP contribution in [0.4, 0.5) is 5.82 Å². The van der Waals surface area contributed by atoms with E-state index in [0.29, 0.717) is 5.82 Å². The number of aromatic nitrogens is 3. The van der Waals surface area contributed by atoms with Crippen LogP contribution in [-0.4, -0.2) is 15.0 Å². The van der Waals surface area contributed by atoms with Gasteiger partial charge in [0.25, 0.3) is 0 Å². The van der Waals surface area contributed by atoms with Gasteiger partial charge in [0.05, 0.1) is 5.69 Å². The molecule has 0 aliphatic carbocycles. The first kappa shape index (κ1) is 11.6. The molecule has 0 atom stereocenters. The predicted molar refractivity (Wildman–Crippen MR) is 69.7 cm³/mol. The average Bonchev–Trinajstić information content (AvgIpc) is 2.61. The molecule has 4 nitrogen and oxygen atoms in total. The molecular weight excluding hydrogens is 212 g/mol. The van der Waals surface area contributed by atoms with Crippen molar-refractivity contribution in [3.63, 3.8) is 0 Å². The Morgan fingerprint density at radius 1 is 1.24 bits per heavy atom. The largest absolute Gasteiger partial charge is 0.384 e. The van der Waals surface area contributed by atoms with Gasteiger partial charge in [-0.2, -0.15) is 0 Å². The first-order chi connectivity index (χ1) is 7.88. The lowest BCUT2D eigenvalue weighted by molar-refractivity contribution is 0.552. The van der Waals surface area contributed by atoms with Gasteiger partial charge < -0.3 is 10.7 Å². The molecule has 0 aromatic carbocycles. The van der Waals surface area contributed by atoms with Crippen LogP contribution in [0.25, 0.3) is 11.3 Å². The minimum Gasteiger partial charge on any atom is -0.384 e. The molecule has 0 radical (unpaired) electrons. The number of H-pyrrole nitrogens is 1. The Bertz CT molecular complexity index is 517. The average molecular weight is 230 g/mol. The number of nitrogens with zero attached hydrogens (tertiary/aromatic N) is 2. The number of nitrogens with two attached hydrogens (primary N) is 1. The molecule has 0 saturated carbocycles. The van der Waals surface area contributed by atoms with Gasteiger partial charge in [0.1, 0.15) is 11.6 Å². The molecule has 2 heterocycles. The maximum Gasteiger partial charge on any atom is 0.123 e. The zero-order valence-corrected chi connectivity index (χ0v) is 10.7. The fourth-order valence-electron chi connectivity index (χ4n) is 1.64. The van der Waals surface area contributed by atoms with Crippen molar-refractivity contribution >= 4 is 5.82 Å². The molecule has 2 aromatic rings. The van der Waals surface area contributed by atoms with Gasteiger partial charge in [0.15, 0.2) is 0 Å². The number of imidazole rings is 1. The number of pyridine rings is 1. The second kappa shape index (κ2) is 3.87. The summed E-state index contributed by atoms with van der Waals surface area (Å²) in [5, 5.41) is 0. The van der Waals surface area contributed by atoms with Crippen LogP contribution in [0.3, 0.4) is 0 Å². The molecule has 0 fully saturated rings. The zero-order valence-electron chi connectivity index (χ0n) is 10.7. The van der Waals surface area contributed by atoms with Gasteiger partial charge in [-0.1, -0.05) is 20.8 Å². The highest BCUT2D eigenvalue weighted by Gasteiger charge is 2.20. The molecule has 0 bridgehead atoms. The fourth-order valence-corrected chi connectivity index (χ4v) is 1.64. The van der Waals surface area contributed by atoms with Crippen molar-refractivity contribution in [3.8, 4) is 11.3 Å². The second-order valence-electron chi connectivity index (χ2n) is 5.28. The number of rotatable bonds is 1. The molecule has 3 N–H and O–H groups in total. The van der Waals surface area contributed by atoms with E-state index in [0.717, 1.165) is 22.8 Å². The van der Waals surface area contributed by atoms with E-state index in [1.165, 1.54) is 0 Å². The quantitative estimate of drug-likeness (QED) is 0.791.